The second-order valence-corrected chi connectivity index (χ2v) is 4.81. The van der Waals surface area contributed by atoms with Gasteiger partial charge in [-0.2, -0.15) is 0 Å². The highest BCUT2D eigenvalue weighted by molar-refractivity contribution is 5.76. The van der Waals surface area contributed by atoms with Gasteiger partial charge in [0.15, 0.2) is 0 Å². The fraction of sp³-hybridized carbons (Fsp3) is 0.467. The van der Waals surface area contributed by atoms with Crippen molar-refractivity contribution in [1.29, 1.82) is 0 Å². The van der Waals surface area contributed by atoms with Crippen molar-refractivity contribution >= 4 is 11.9 Å². The van der Waals surface area contributed by atoms with Crippen LogP contribution in [0.25, 0.3) is 0 Å². The van der Waals surface area contributed by atoms with Crippen molar-refractivity contribution in [3.05, 3.63) is 29.8 Å². The highest BCUT2D eigenvalue weighted by Crippen LogP contribution is 2.20. The molecule has 0 aliphatic rings. The minimum atomic E-state index is -0.258. The summed E-state index contributed by atoms with van der Waals surface area (Å²) in [5.74, 6) is 0.255. The van der Waals surface area contributed by atoms with Gasteiger partial charge in [-0.05, 0) is 32.1 Å². The summed E-state index contributed by atoms with van der Waals surface area (Å²) in [7, 11) is 5.42. The molecule has 0 saturated heterocycles. The minimum Gasteiger partial charge on any atom is -0.426 e. The summed E-state index contributed by atoms with van der Waals surface area (Å²) in [4.78, 5) is 24.9. The van der Waals surface area contributed by atoms with E-state index in [1.54, 1.807) is 13.1 Å². The number of hydrogen-bond donors (Lipinski definition) is 1. The molecule has 1 N–H and O–H groups in total. The summed E-state index contributed by atoms with van der Waals surface area (Å²) in [6.07, 6.45) is 1.27. The van der Waals surface area contributed by atoms with Crippen LogP contribution < -0.4 is 10.1 Å². The number of carbonyl (C=O) groups is 2. The number of ether oxygens (including phenoxy) is 1. The third kappa shape index (κ3) is 5.84. The Bertz CT molecular complexity index is 458. The van der Waals surface area contributed by atoms with Gasteiger partial charge in [0.05, 0.1) is 6.42 Å². The van der Waals surface area contributed by atoms with Crippen LogP contribution in [0.1, 0.15) is 18.4 Å². The van der Waals surface area contributed by atoms with Gasteiger partial charge in [-0.1, -0.05) is 18.2 Å². The van der Waals surface area contributed by atoms with E-state index in [0.717, 1.165) is 5.56 Å². The first-order chi connectivity index (χ1) is 9.52. The molecule has 1 rings (SSSR count). The summed E-state index contributed by atoms with van der Waals surface area (Å²) >= 11 is 0. The summed E-state index contributed by atoms with van der Waals surface area (Å²) in [5.41, 5.74) is 0.870. The van der Waals surface area contributed by atoms with Gasteiger partial charge in [0, 0.05) is 20.0 Å². The molecule has 0 heterocycles. The number of amides is 1. The van der Waals surface area contributed by atoms with E-state index in [0.29, 0.717) is 31.6 Å². The lowest BCUT2D eigenvalue weighted by Gasteiger charge is -2.11. The second-order valence-electron chi connectivity index (χ2n) is 4.81. The van der Waals surface area contributed by atoms with Crippen LogP contribution in [0.2, 0.25) is 0 Å². The van der Waals surface area contributed by atoms with E-state index in [-0.39, 0.29) is 11.9 Å². The zero-order chi connectivity index (χ0) is 15.0. The zero-order valence-electron chi connectivity index (χ0n) is 12.3. The Balaban J connectivity index is 2.60. The molecule has 1 amide bonds. The lowest BCUT2D eigenvalue weighted by atomic mass is 10.1. The normalized spacial score (nSPS) is 10.4. The molecule has 20 heavy (non-hydrogen) atoms. The first-order valence-electron chi connectivity index (χ1n) is 6.67. The predicted octanol–water partition coefficient (Wildman–Crippen LogP) is 1.22. The lowest BCUT2D eigenvalue weighted by Crippen LogP contribution is -2.20. The number of aryl methyl sites for hydroxylation is 1. The number of carbonyl (C=O) groups excluding carboxylic acids is 2. The van der Waals surface area contributed by atoms with E-state index in [9.17, 15) is 9.59 Å². The Morgan fingerprint density at radius 1 is 1.20 bits per heavy atom. The molecule has 1 aromatic carbocycles. The van der Waals surface area contributed by atoms with Crippen LogP contribution in [-0.2, 0) is 16.0 Å². The second kappa shape index (κ2) is 8.32. The van der Waals surface area contributed by atoms with E-state index >= 15 is 0 Å². The highest BCUT2D eigenvalue weighted by Gasteiger charge is 2.10. The number of para-hydroxylation sites is 1. The van der Waals surface area contributed by atoms with Crippen molar-refractivity contribution in [2.45, 2.75) is 19.3 Å². The maximum Gasteiger partial charge on any atom is 0.312 e. The molecule has 0 aliphatic carbocycles. The summed E-state index contributed by atoms with van der Waals surface area (Å²) in [6.45, 7) is 0.652. The van der Waals surface area contributed by atoms with Gasteiger partial charge in [-0.25, -0.2) is 0 Å². The Labute approximate surface area is 119 Å². The van der Waals surface area contributed by atoms with Crippen molar-refractivity contribution < 1.29 is 14.3 Å². The smallest absolute Gasteiger partial charge is 0.312 e. The highest BCUT2D eigenvalue weighted by atomic mass is 16.5. The Morgan fingerprint density at radius 3 is 2.55 bits per heavy atom. The monoisotopic (exact) mass is 278 g/mol. The van der Waals surface area contributed by atoms with Crippen LogP contribution >= 0.6 is 0 Å². The van der Waals surface area contributed by atoms with Crippen molar-refractivity contribution in [3.8, 4) is 5.75 Å². The number of nitrogens with zero attached hydrogens (tertiary/aromatic N) is 1. The van der Waals surface area contributed by atoms with Crippen molar-refractivity contribution in [3.63, 3.8) is 0 Å². The molecule has 0 aromatic heterocycles. The fourth-order valence-electron chi connectivity index (χ4n) is 1.67. The van der Waals surface area contributed by atoms with Gasteiger partial charge in [0.25, 0.3) is 0 Å². The molecule has 0 spiro atoms. The van der Waals surface area contributed by atoms with Crippen LogP contribution in [-0.4, -0.2) is 44.5 Å². The van der Waals surface area contributed by atoms with Gasteiger partial charge in [-0.15, -0.1) is 0 Å². The van der Waals surface area contributed by atoms with Crippen molar-refractivity contribution in [1.82, 2.24) is 10.2 Å². The van der Waals surface area contributed by atoms with Crippen molar-refractivity contribution in [2.24, 2.45) is 0 Å². The average molecular weight is 278 g/mol. The SMILES string of the molecule is CNC(=O)CCc1ccccc1OC(=O)CCN(C)C. The Kier molecular flexibility index (Phi) is 6.73. The minimum absolute atomic E-state index is 0.0289. The van der Waals surface area contributed by atoms with Crippen LogP contribution in [0, 0.1) is 0 Å². The molecule has 0 unspecified atom stereocenters. The average Bonchev–Trinajstić information content (AvgIpc) is 2.43. The fourth-order valence-corrected chi connectivity index (χ4v) is 1.67. The largest absolute Gasteiger partial charge is 0.426 e. The Morgan fingerprint density at radius 2 is 1.90 bits per heavy atom. The van der Waals surface area contributed by atoms with Crippen LogP contribution in [0.4, 0.5) is 0 Å². The van der Waals surface area contributed by atoms with Crippen LogP contribution in [0.5, 0.6) is 5.75 Å². The molecular weight excluding hydrogens is 256 g/mol. The third-order valence-electron chi connectivity index (χ3n) is 2.86. The first kappa shape index (κ1) is 16.2. The van der Waals surface area contributed by atoms with Gasteiger partial charge in [0.1, 0.15) is 5.75 Å². The molecule has 0 atom stereocenters. The topological polar surface area (TPSA) is 58.6 Å². The Hall–Kier alpha value is -1.88. The summed E-state index contributed by atoms with van der Waals surface area (Å²) < 4.78 is 5.36. The van der Waals surface area contributed by atoms with Gasteiger partial charge >= 0.3 is 5.97 Å². The van der Waals surface area contributed by atoms with E-state index in [2.05, 4.69) is 5.32 Å². The molecule has 0 radical (unpaired) electrons. The predicted molar refractivity (Wildman–Crippen MR) is 77.6 cm³/mol. The maximum absolute atomic E-state index is 11.7. The number of benzene rings is 1. The van der Waals surface area contributed by atoms with E-state index in [1.165, 1.54) is 0 Å². The first-order valence-corrected chi connectivity index (χ1v) is 6.67. The third-order valence-corrected chi connectivity index (χ3v) is 2.86. The molecule has 0 bridgehead atoms. The van der Waals surface area contributed by atoms with Crippen molar-refractivity contribution in [2.75, 3.05) is 27.7 Å². The van der Waals surface area contributed by atoms with Crippen LogP contribution in [0.3, 0.4) is 0 Å². The lowest BCUT2D eigenvalue weighted by molar-refractivity contribution is -0.134. The van der Waals surface area contributed by atoms with Gasteiger partial charge in [0.2, 0.25) is 5.91 Å². The maximum atomic E-state index is 11.7. The molecule has 1 aromatic rings. The van der Waals surface area contributed by atoms with Gasteiger partial charge < -0.3 is 15.0 Å². The molecule has 0 aliphatic heterocycles. The summed E-state index contributed by atoms with van der Waals surface area (Å²) in [5, 5.41) is 2.58. The van der Waals surface area contributed by atoms with E-state index in [1.807, 2.05) is 37.2 Å². The number of esters is 1. The van der Waals surface area contributed by atoms with Gasteiger partial charge in [-0.3, -0.25) is 9.59 Å². The number of nitrogens with one attached hydrogen (secondary N) is 1. The van der Waals surface area contributed by atoms with E-state index < -0.39 is 0 Å². The molecule has 0 saturated carbocycles. The quantitative estimate of drug-likeness (QED) is 0.602. The zero-order valence-corrected chi connectivity index (χ0v) is 12.3. The number of hydrogen-bond acceptors (Lipinski definition) is 4. The molecule has 5 heteroatoms. The molecular formula is C15H22N2O3. The molecule has 0 fully saturated rings. The molecule has 5 nitrogen and oxygen atoms in total. The van der Waals surface area contributed by atoms with Crippen LogP contribution in [0.15, 0.2) is 24.3 Å². The standard InChI is InChI=1S/C15H22N2O3/c1-16-14(18)9-8-12-6-4-5-7-13(12)20-15(19)10-11-17(2)3/h4-7H,8-11H2,1-3H3,(H,16,18). The summed E-state index contributed by atoms with van der Waals surface area (Å²) in [6, 6.07) is 7.32. The molecule has 110 valence electrons. The van der Waals surface area contributed by atoms with E-state index in [4.69, 9.17) is 4.74 Å². The number of rotatable bonds is 7.